The van der Waals surface area contributed by atoms with Crippen LogP contribution in [-0.4, -0.2) is 37.2 Å². The van der Waals surface area contributed by atoms with Crippen LogP contribution in [0.5, 0.6) is 0 Å². The maximum absolute atomic E-state index is 12.9. The van der Waals surface area contributed by atoms with Gasteiger partial charge < -0.3 is 14.2 Å². The summed E-state index contributed by atoms with van der Waals surface area (Å²) in [6.07, 6.45) is 71.9. The van der Waals surface area contributed by atoms with Crippen molar-refractivity contribution in [2.24, 2.45) is 0 Å². The molecule has 0 radical (unpaired) electrons. The van der Waals surface area contributed by atoms with E-state index < -0.39 is 6.10 Å². The zero-order valence-corrected chi connectivity index (χ0v) is 48.0. The SMILES string of the molecule is CCCCCCC/C=C\CCCCCCCC(=O)OC(COC(=O)CCCCCCCCCCCCCCCC)COC(=O)CCCCCCCCCCCCCCC/C=C\CCCCCCCCCC. The first kappa shape index (κ1) is 68.9. The van der Waals surface area contributed by atoms with Gasteiger partial charge in [-0.05, 0) is 70.6 Å². The standard InChI is InChI=1S/C65H122O6/c1-4-7-10-13-16-19-22-25-28-29-30-31-32-33-34-35-36-37-38-41-43-46-49-52-55-58-64(67)70-61-62(71-65(68)59-56-53-50-47-44-40-27-24-21-18-15-12-9-6-3)60-69-63(66)57-54-51-48-45-42-39-26-23-20-17-14-11-8-5-2/h24,27,29-30,62H,4-23,25-26,28,31-61H2,1-3H3/b27-24-,30-29-. The van der Waals surface area contributed by atoms with E-state index in [1.807, 2.05) is 0 Å². The van der Waals surface area contributed by atoms with Crippen molar-refractivity contribution in [3.8, 4) is 0 Å². The van der Waals surface area contributed by atoms with Gasteiger partial charge >= 0.3 is 17.9 Å². The fourth-order valence-corrected chi connectivity index (χ4v) is 9.61. The molecule has 0 amide bonds. The second kappa shape index (κ2) is 60.4. The van der Waals surface area contributed by atoms with Gasteiger partial charge in [0, 0.05) is 19.3 Å². The van der Waals surface area contributed by atoms with Gasteiger partial charge in [-0.15, -0.1) is 0 Å². The van der Waals surface area contributed by atoms with E-state index in [9.17, 15) is 14.4 Å². The van der Waals surface area contributed by atoms with E-state index in [0.717, 1.165) is 64.2 Å². The van der Waals surface area contributed by atoms with Crippen molar-refractivity contribution in [2.45, 2.75) is 361 Å². The molecule has 1 atom stereocenters. The number of ether oxygens (including phenoxy) is 3. The van der Waals surface area contributed by atoms with Gasteiger partial charge in [0.25, 0.3) is 0 Å². The number of unbranched alkanes of at least 4 members (excludes halogenated alkanes) is 44. The van der Waals surface area contributed by atoms with Gasteiger partial charge in [0.1, 0.15) is 13.2 Å². The Kier molecular flexibility index (Phi) is 58.6. The fourth-order valence-electron chi connectivity index (χ4n) is 9.61. The molecule has 71 heavy (non-hydrogen) atoms. The van der Waals surface area contributed by atoms with Crippen molar-refractivity contribution >= 4 is 17.9 Å². The summed E-state index contributed by atoms with van der Waals surface area (Å²) >= 11 is 0. The normalized spacial score (nSPS) is 12.1. The van der Waals surface area contributed by atoms with Crippen LogP contribution in [-0.2, 0) is 28.6 Å². The third kappa shape index (κ3) is 58.7. The van der Waals surface area contributed by atoms with Crippen molar-refractivity contribution in [1.82, 2.24) is 0 Å². The number of carbonyl (C=O) groups excluding carboxylic acids is 3. The zero-order chi connectivity index (χ0) is 51.4. The summed E-state index contributed by atoms with van der Waals surface area (Å²) in [5, 5.41) is 0. The Bertz CT molecular complexity index is 1150. The summed E-state index contributed by atoms with van der Waals surface area (Å²) in [4.78, 5) is 38.2. The Balaban J connectivity index is 4.22. The van der Waals surface area contributed by atoms with Crippen LogP contribution in [0.3, 0.4) is 0 Å². The molecule has 0 bridgehead atoms. The van der Waals surface area contributed by atoms with Crippen molar-refractivity contribution in [3.63, 3.8) is 0 Å². The molecule has 0 aliphatic heterocycles. The van der Waals surface area contributed by atoms with Crippen LogP contribution < -0.4 is 0 Å². The number of hydrogen-bond donors (Lipinski definition) is 0. The van der Waals surface area contributed by atoms with E-state index >= 15 is 0 Å². The summed E-state index contributed by atoms with van der Waals surface area (Å²) in [5.41, 5.74) is 0. The van der Waals surface area contributed by atoms with Gasteiger partial charge in [-0.3, -0.25) is 14.4 Å². The summed E-state index contributed by atoms with van der Waals surface area (Å²) in [6, 6.07) is 0. The third-order valence-electron chi connectivity index (χ3n) is 14.4. The summed E-state index contributed by atoms with van der Waals surface area (Å²) in [7, 11) is 0. The van der Waals surface area contributed by atoms with Gasteiger partial charge in [0.2, 0.25) is 0 Å². The lowest BCUT2D eigenvalue weighted by Gasteiger charge is -2.18. The zero-order valence-electron chi connectivity index (χ0n) is 48.0. The highest BCUT2D eigenvalue weighted by Gasteiger charge is 2.19. The van der Waals surface area contributed by atoms with Gasteiger partial charge in [0.05, 0.1) is 0 Å². The highest BCUT2D eigenvalue weighted by molar-refractivity contribution is 5.71. The molecule has 0 saturated heterocycles. The molecule has 418 valence electrons. The summed E-state index contributed by atoms with van der Waals surface area (Å²) < 4.78 is 16.9. The van der Waals surface area contributed by atoms with Crippen molar-refractivity contribution < 1.29 is 28.6 Å². The highest BCUT2D eigenvalue weighted by Crippen LogP contribution is 2.17. The van der Waals surface area contributed by atoms with Gasteiger partial charge in [0.15, 0.2) is 6.10 Å². The Morgan fingerprint density at radius 2 is 0.465 bits per heavy atom. The molecule has 6 heteroatoms. The summed E-state index contributed by atoms with van der Waals surface area (Å²) in [5.74, 6) is -0.854. The first-order valence-corrected chi connectivity index (χ1v) is 31.8. The number of carbonyl (C=O) groups is 3. The van der Waals surface area contributed by atoms with Crippen LogP contribution in [0.1, 0.15) is 355 Å². The molecule has 0 fully saturated rings. The first-order chi connectivity index (χ1) is 35.0. The van der Waals surface area contributed by atoms with Gasteiger partial charge in [-0.1, -0.05) is 289 Å². The van der Waals surface area contributed by atoms with E-state index in [4.69, 9.17) is 14.2 Å². The van der Waals surface area contributed by atoms with E-state index in [0.29, 0.717) is 19.3 Å². The van der Waals surface area contributed by atoms with Gasteiger partial charge in [-0.25, -0.2) is 0 Å². The number of rotatable bonds is 59. The van der Waals surface area contributed by atoms with Crippen LogP contribution in [0, 0.1) is 0 Å². The van der Waals surface area contributed by atoms with E-state index in [1.54, 1.807) is 0 Å². The molecular weight excluding hydrogens is 877 g/mol. The quantitative estimate of drug-likeness (QED) is 0.0261. The minimum Gasteiger partial charge on any atom is -0.462 e. The lowest BCUT2D eigenvalue weighted by atomic mass is 10.0. The van der Waals surface area contributed by atoms with Crippen LogP contribution in [0.15, 0.2) is 24.3 Å². The predicted octanol–water partition coefficient (Wildman–Crippen LogP) is 21.4. The molecule has 0 rings (SSSR count). The minimum atomic E-state index is -0.772. The maximum Gasteiger partial charge on any atom is 0.306 e. The average molecular weight is 1000 g/mol. The van der Waals surface area contributed by atoms with Crippen molar-refractivity contribution in [1.29, 1.82) is 0 Å². The molecule has 1 unspecified atom stereocenters. The Morgan fingerprint density at radius 3 is 0.704 bits per heavy atom. The molecule has 0 spiro atoms. The smallest absolute Gasteiger partial charge is 0.306 e. The maximum atomic E-state index is 12.9. The molecule has 0 aromatic heterocycles. The molecule has 0 aliphatic carbocycles. The van der Waals surface area contributed by atoms with Crippen LogP contribution in [0.2, 0.25) is 0 Å². The minimum absolute atomic E-state index is 0.0694. The van der Waals surface area contributed by atoms with Crippen molar-refractivity contribution in [3.05, 3.63) is 24.3 Å². The van der Waals surface area contributed by atoms with E-state index in [-0.39, 0.29) is 31.1 Å². The van der Waals surface area contributed by atoms with Crippen LogP contribution >= 0.6 is 0 Å². The third-order valence-corrected chi connectivity index (χ3v) is 14.4. The lowest BCUT2D eigenvalue weighted by molar-refractivity contribution is -0.167. The topological polar surface area (TPSA) is 78.9 Å². The second-order valence-electron chi connectivity index (χ2n) is 21.7. The van der Waals surface area contributed by atoms with E-state index in [1.165, 1.54) is 250 Å². The Morgan fingerprint density at radius 1 is 0.268 bits per heavy atom. The molecule has 0 N–H and O–H groups in total. The molecule has 0 aliphatic rings. The van der Waals surface area contributed by atoms with Crippen LogP contribution in [0.25, 0.3) is 0 Å². The Hall–Kier alpha value is -2.11. The second-order valence-corrected chi connectivity index (χ2v) is 21.7. The molecule has 6 nitrogen and oxygen atoms in total. The average Bonchev–Trinajstić information content (AvgIpc) is 3.37. The predicted molar refractivity (Wildman–Crippen MR) is 307 cm³/mol. The summed E-state index contributed by atoms with van der Waals surface area (Å²) in [6.45, 7) is 6.68. The molecular formula is C65H122O6. The lowest BCUT2D eigenvalue weighted by Crippen LogP contribution is -2.30. The fraction of sp³-hybridized carbons (Fsp3) is 0.892. The van der Waals surface area contributed by atoms with Crippen LogP contribution in [0.4, 0.5) is 0 Å². The monoisotopic (exact) mass is 999 g/mol. The first-order valence-electron chi connectivity index (χ1n) is 31.8. The molecule has 0 saturated carbocycles. The number of esters is 3. The molecule has 0 heterocycles. The molecule has 0 aromatic rings. The number of allylic oxidation sites excluding steroid dienone is 4. The van der Waals surface area contributed by atoms with Crippen molar-refractivity contribution in [2.75, 3.05) is 13.2 Å². The number of hydrogen-bond acceptors (Lipinski definition) is 6. The van der Waals surface area contributed by atoms with Gasteiger partial charge in [-0.2, -0.15) is 0 Å². The Labute approximate surface area is 443 Å². The highest BCUT2D eigenvalue weighted by atomic mass is 16.6. The molecule has 0 aromatic carbocycles. The van der Waals surface area contributed by atoms with E-state index in [2.05, 4.69) is 45.1 Å². The largest absolute Gasteiger partial charge is 0.462 e.